The molecular weight excluding hydrogens is 200 g/mol. The second-order valence-electron chi connectivity index (χ2n) is 4.91. The van der Waals surface area contributed by atoms with Gasteiger partial charge in [-0.3, -0.25) is 4.90 Å². The average Bonchev–Trinajstić information content (AvgIpc) is 2.87. The molecule has 4 heteroatoms. The number of rotatable bonds is 4. The number of aryl methyl sites for hydroxylation is 1. The second-order valence-corrected chi connectivity index (χ2v) is 4.91. The third-order valence-electron chi connectivity index (χ3n) is 3.82. The molecular formula is C12H22N4. The zero-order valence-electron chi connectivity index (χ0n) is 10.3. The van der Waals surface area contributed by atoms with E-state index in [1.807, 2.05) is 19.6 Å². The summed E-state index contributed by atoms with van der Waals surface area (Å²) in [5, 5.41) is 0. The smallest absolute Gasteiger partial charge is 0.0945 e. The van der Waals surface area contributed by atoms with E-state index < -0.39 is 0 Å². The Kier molecular flexibility index (Phi) is 3.61. The summed E-state index contributed by atoms with van der Waals surface area (Å²) in [7, 11) is 4.25. The first-order chi connectivity index (χ1) is 7.72. The van der Waals surface area contributed by atoms with E-state index in [9.17, 15) is 0 Å². The quantitative estimate of drug-likeness (QED) is 0.826. The minimum absolute atomic E-state index is 0.653. The summed E-state index contributed by atoms with van der Waals surface area (Å²) in [6.07, 6.45) is 7.70. The molecule has 0 bridgehead atoms. The third kappa shape index (κ3) is 2.28. The molecule has 90 valence electrons. The number of hydrogen-bond acceptors (Lipinski definition) is 3. The monoisotopic (exact) mass is 222 g/mol. The van der Waals surface area contributed by atoms with Gasteiger partial charge in [0.1, 0.15) is 0 Å². The molecule has 2 rings (SSSR count). The normalized spacial score (nSPS) is 25.5. The lowest BCUT2D eigenvalue weighted by Gasteiger charge is -2.28. The Morgan fingerprint density at radius 3 is 3.00 bits per heavy atom. The molecule has 0 radical (unpaired) electrons. The van der Waals surface area contributed by atoms with E-state index in [1.165, 1.54) is 25.0 Å². The first-order valence-electron chi connectivity index (χ1n) is 6.08. The number of nitrogens with two attached hydrogens (primary N) is 1. The molecule has 1 aliphatic carbocycles. The molecule has 0 saturated heterocycles. The highest BCUT2D eigenvalue weighted by Gasteiger charge is 2.29. The predicted molar refractivity (Wildman–Crippen MR) is 64.9 cm³/mol. The Bertz CT molecular complexity index is 334. The molecule has 0 aliphatic heterocycles. The second kappa shape index (κ2) is 4.97. The fraction of sp³-hybridized carbons (Fsp3) is 0.750. The SMILES string of the molecule is CN(Cc1cncn1C)C1CCCC1CN. The molecule has 2 unspecified atom stereocenters. The highest BCUT2D eigenvalue weighted by molar-refractivity contribution is 4.98. The zero-order chi connectivity index (χ0) is 11.5. The topological polar surface area (TPSA) is 47.1 Å². The molecule has 1 aromatic heterocycles. The third-order valence-corrected chi connectivity index (χ3v) is 3.82. The molecule has 1 heterocycles. The standard InChI is InChI=1S/C12H22N4/c1-15(8-11-7-14-9-16(11)2)12-5-3-4-10(12)6-13/h7,9-10,12H,3-6,8,13H2,1-2H3. The predicted octanol–water partition coefficient (Wildman–Crippen LogP) is 0.979. The van der Waals surface area contributed by atoms with Gasteiger partial charge in [0.25, 0.3) is 0 Å². The maximum Gasteiger partial charge on any atom is 0.0945 e. The highest BCUT2D eigenvalue weighted by atomic mass is 15.2. The van der Waals surface area contributed by atoms with Crippen LogP contribution in [0.3, 0.4) is 0 Å². The van der Waals surface area contributed by atoms with Crippen molar-refractivity contribution in [2.45, 2.75) is 31.8 Å². The Labute approximate surface area is 97.4 Å². The lowest BCUT2D eigenvalue weighted by molar-refractivity contribution is 0.189. The van der Waals surface area contributed by atoms with Crippen molar-refractivity contribution in [3.05, 3.63) is 18.2 Å². The van der Waals surface area contributed by atoms with Crippen LogP contribution in [0.15, 0.2) is 12.5 Å². The van der Waals surface area contributed by atoms with Gasteiger partial charge < -0.3 is 10.3 Å². The number of hydrogen-bond donors (Lipinski definition) is 1. The lowest BCUT2D eigenvalue weighted by Crippen LogP contribution is -2.37. The zero-order valence-corrected chi connectivity index (χ0v) is 10.3. The molecule has 0 spiro atoms. The van der Waals surface area contributed by atoms with Crippen LogP contribution in [-0.2, 0) is 13.6 Å². The van der Waals surface area contributed by atoms with Crippen molar-refractivity contribution in [1.29, 1.82) is 0 Å². The van der Waals surface area contributed by atoms with E-state index in [0.29, 0.717) is 12.0 Å². The van der Waals surface area contributed by atoms with Gasteiger partial charge in [-0.25, -0.2) is 4.98 Å². The van der Waals surface area contributed by atoms with Crippen LogP contribution in [0, 0.1) is 5.92 Å². The van der Waals surface area contributed by atoms with Gasteiger partial charge in [0.2, 0.25) is 0 Å². The maximum absolute atomic E-state index is 5.82. The summed E-state index contributed by atoms with van der Waals surface area (Å²) in [6, 6.07) is 0.653. The van der Waals surface area contributed by atoms with Crippen LogP contribution in [0.1, 0.15) is 25.0 Å². The Balaban J connectivity index is 1.97. The van der Waals surface area contributed by atoms with Crippen molar-refractivity contribution >= 4 is 0 Å². The number of nitrogens with zero attached hydrogens (tertiary/aromatic N) is 3. The lowest BCUT2D eigenvalue weighted by atomic mass is 10.0. The summed E-state index contributed by atoms with van der Waals surface area (Å²) in [6.45, 7) is 1.79. The van der Waals surface area contributed by atoms with E-state index in [2.05, 4.69) is 21.5 Å². The van der Waals surface area contributed by atoms with E-state index in [4.69, 9.17) is 5.73 Å². The summed E-state index contributed by atoms with van der Waals surface area (Å²) < 4.78 is 2.09. The van der Waals surface area contributed by atoms with Gasteiger partial charge >= 0.3 is 0 Å². The molecule has 0 aromatic carbocycles. The van der Waals surface area contributed by atoms with Crippen molar-refractivity contribution in [2.75, 3.05) is 13.6 Å². The van der Waals surface area contributed by atoms with Gasteiger partial charge in [0.15, 0.2) is 0 Å². The minimum atomic E-state index is 0.653. The van der Waals surface area contributed by atoms with Crippen LogP contribution in [0.5, 0.6) is 0 Å². The average molecular weight is 222 g/mol. The molecule has 1 fully saturated rings. The van der Waals surface area contributed by atoms with Gasteiger partial charge in [-0.05, 0) is 32.4 Å². The molecule has 1 saturated carbocycles. The van der Waals surface area contributed by atoms with Crippen LogP contribution in [0.2, 0.25) is 0 Å². The van der Waals surface area contributed by atoms with Gasteiger partial charge in [-0.2, -0.15) is 0 Å². The van der Waals surface area contributed by atoms with E-state index in [0.717, 1.165) is 13.1 Å². The Hall–Kier alpha value is -0.870. The molecule has 2 atom stereocenters. The van der Waals surface area contributed by atoms with Gasteiger partial charge in [-0.15, -0.1) is 0 Å². The van der Waals surface area contributed by atoms with Crippen LogP contribution in [0.25, 0.3) is 0 Å². The van der Waals surface area contributed by atoms with E-state index >= 15 is 0 Å². The van der Waals surface area contributed by atoms with E-state index in [-0.39, 0.29) is 0 Å². The highest BCUT2D eigenvalue weighted by Crippen LogP contribution is 2.29. The number of imidazole rings is 1. The molecule has 1 aliphatic rings. The molecule has 16 heavy (non-hydrogen) atoms. The fourth-order valence-electron chi connectivity index (χ4n) is 2.78. The molecule has 2 N–H and O–H groups in total. The summed E-state index contributed by atoms with van der Waals surface area (Å²) >= 11 is 0. The van der Waals surface area contributed by atoms with Gasteiger partial charge in [0, 0.05) is 25.8 Å². The molecule has 4 nitrogen and oxygen atoms in total. The van der Waals surface area contributed by atoms with Crippen molar-refractivity contribution in [2.24, 2.45) is 18.7 Å². The first kappa shape index (κ1) is 11.6. The summed E-state index contributed by atoms with van der Waals surface area (Å²) in [5.74, 6) is 0.679. The van der Waals surface area contributed by atoms with Crippen molar-refractivity contribution in [3.63, 3.8) is 0 Å². The van der Waals surface area contributed by atoms with Crippen molar-refractivity contribution in [1.82, 2.24) is 14.5 Å². The minimum Gasteiger partial charge on any atom is -0.337 e. The van der Waals surface area contributed by atoms with E-state index in [1.54, 1.807) is 0 Å². The molecule has 0 amide bonds. The first-order valence-corrected chi connectivity index (χ1v) is 6.08. The van der Waals surface area contributed by atoms with Crippen molar-refractivity contribution in [3.8, 4) is 0 Å². The van der Waals surface area contributed by atoms with Crippen LogP contribution < -0.4 is 5.73 Å². The number of aromatic nitrogens is 2. The van der Waals surface area contributed by atoms with Crippen molar-refractivity contribution < 1.29 is 0 Å². The van der Waals surface area contributed by atoms with Gasteiger partial charge in [0.05, 0.1) is 12.0 Å². The van der Waals surface area contributed by atoms with Crippen LogP contribution in [0.4, 0.5) is 0 Å². The van der Waals surface area contributed by atoms with Crippen LogP contribution >= 0.6 is 0 Å². The Morgan fingerprint density at radius 2 is 2.38 bits per heavy atom. The Morgan fingerprint density at radius 1 is 1.56 bits per heavy atom. The fourth-order valence-corrected chi connectivity index (χ4v) is 2.78. The molecule has 1 aromatic rings. The maximum atomic E-state index is 5.82. The van der Waals surface area contributed by atoms with Gasteiger partial charge in [-0.1, -0.05) is 6.42 Å². The largest absolute Gasteiger partial charge is 0.337 e. The summed E-state index contributed by atoms with van der Waals surface area (Å²) in [5.41, 5.74) is 7.09. The van der Waals surface area contributed by atoms with Crippen LogP contribution in [-0.4, -0.2) is 34.1 Å². The summed E-state index contributed by atoms with van der Waals surface area (Å²) in [4.78, 5) is 6.58.